The molecule has 0 spiro atoms. The Morgan fingerprint density at radius 2 is 1.90 bits per heavy atom. The molecule has 4 amide bonds. The maximum Gasteiger partial charge on any atom is 0.416 e. The first kappa shape index (κ1) is 22.6. The Labute approximate surface area is 178 Å². The lowest BCUT2D eigenvalue weighted by Gasteiger charge is -2.33. The fraction of sp³-hybridized carbons (Fsp3) is 0.476. The summed E-state index contributed by atoms with van der Waals surface area (Å²) in [6.45, 7) is 5.74. The Kier molecular flexibility index (Phi) is 6.02. The first-order valence-corrected chi connectivity index (χ1v) is 10.1. The van der Waals surface area contributed by atoms with Crippen LogP contribution in [0.15, 0.2) is 35.5 Å². The number of likely N-dealkylation sites (N-methyl/N-ethyl adjacent to an activating group) is 2. The van der Waals surface area contributed by atoms with E-state index in [1.165, 1.54) is 32.9 Å². The number of hydrogen-bond donors (Lipinski definition) is 1. The zero-order chi connectivity index (χ0) is 23.1. The molecule has 0 radical (unpaired) electrons. The summed E-state index contributed by atoms with van der Waals surface area (Å²) in [5.74, 6) is -0.842. The van der Waals surface area contributed by atoms with Crippen LogP contribution in [-0.2, 0) is 15.8 Å². The number of amides is 4. The van der Waals surface area contributed by atoms with Crippen LogP contribution in [0.4, 0.5) is 18.0 Å². The van der Waals surface area contributed by atoms with Crippen LogP contribution in [0.2, 0.25) is 0 Å². The van der Waals surface area contributed by atoms with Gasteiger partial charge in [-0.25, -0.2) is 4.79 Å². The van der Waals surface area contributed by atoms with Crippen molar-refractivity contribution in [2.75, 3.05) is 26.7 Å². The molecule has 1 aromatic carbocycles. The summed E-state index contributed by atoms with van der Waals surface area (Å²) < 4.78 is 40.9. The molecule has 1 N–H and O–H groups in total. The number of benzene rings is 1. The van der Waals surface area contributed by atoms with Crippen LogP contribution < -0.4 is 5.32 Å². The van der Waals surface area contributed by atoms with Crippen molar-refractivity contribution >= 4 is 17.8 Å². The highest BCUT2D eigenvalue weighted by molar-refractivity contribution is 6.03. The summed E-state index contributed by atoms with van der Waals surface area (Å²) >= 11 is 0. The third-order valence-corrected chi connectivity index (χ3v) is 5.82. The van der Waals surface area contributed by atoms with Crippen molar-refractivity contribution in [1.82, 2.24) is 20.0 Å². The van der Waals surface area contributed by atoms with E-state index in [1.807, 2.05) is 0 Å². The van der Waals surface area contributed by atoms with Gasteiger partial charge in [0, 0.05) is 20.1 Å². The van der Waals surface area contributed by atoms with Crippen LogP contribution in [0.3, 0.4) is 0 Å². The van der Waals surface area contributed by atoms with Crippen LogP contribution in [0.5, 0.6) is 0 Å². The lowest BCUT2D eigenvalue weighted by atomic mass is 9.91. The molecule has 0 bridgehead atoms. The Bertz CT molecular complexity index is 944. The Morgan fingerprint density at radius 3 is 2.48 bits per heavy atom. The number of nitrogens with zero attached hydrogens (tertiary/aromatic N) is 3. The average molecular weight is 438 g/mol. The van der Waals surface area contributed by atoms with E-state index >= 15 is 0 Å². The monoisotopic (exact) mass is 438 g/mol. The van der Waals surface area contributed by atoms with Gasteiger partial charge in [0.1, 0.15) is 6.04 Å². The number of carbonyl (C=O) groups excluding carboxylic acids is 3. The summed E-state index contributed by atoms with van der Waals surface area (Å²) in [4.78, 5) is 42.8. The number of halogens is 3. The molecule has 10 heteroatoms. The van der Waals surface area contributed by atoms with E-state index in [2.05, 4.69) is 5.32 Å². The van der Waals surface area contributed by atoms with Crippen molar-refractivity contribution in [3.63, 3.8) is 0 Å². The van der Waals surface area contributed by atoms with Gasteiger partial charge in [-0.1, -0.05) is 18.2 Å². The molecule has 2 atom stereocenters. The van der Waals surface area contributed by atoms with Gasteiger partial charge >= 0.3 is 12.2 Å². The average Bonchev–Trinajstić information content (AvgIpc) is 3.07. The van der Waals surface area contributed by atoms with Crippen LogP contribution >= 0.6 is 0 Å². The van der Waals surface area contributed by atoms with E-state index in [0.29, 0.717) is 12.2 Å². The molecule has 0 aromatic heterocycles. The summed E-state index contributed by atoms with van der Waals surface area (Å²) in [7, 11) is 1.61. The van der Waals surface area contributed by atoms with Gasteiger partial charge in [0.05, 0.1) is 29.4 Å². The molecule has 1 aromatic rings. The number of rotatable bonds is 5. The molecule has 0 saturated carbocycles. The van der Waals surface area contributed by atoms with Crippen molar-refractivity contribution in [2.45, 2.75) is 39.0 Å². The van der Waals surface area contributed by atoms with Crippen LogP contribution in [0.1, 0.15) is 37.9 Å². The number of nitrogens with one attached hydrogen (secondary N) is 1. The third kappa shape index (κ3) is 3.86. The molecule has 2 heterocycles. The Hall–Kier alpha value is -3.04. The van der Waals surface area contributed by atoms with Crippen LogP contribution in [0, 0.1) is 0 Å². The minimum absolute atomic E-state index is 0.0232. The predicted molar refractivity (Wildman–Crippen MR) is 107 cm³/mol. The zero-order valence-electron chi connectivity index (χ0n) is 17.8. The van der Waals surface area contributed by atoms with Gasteiger partial charge in [-0.3, -0.25) is 14.5 Å². The number of urea groups is 1. The highest BCUT2D eigenvalue weighted by atomic mass is 19.4. The van der Waals surface area contributed by atoms with E-state index in [0.717, 1.165) is 6.07 Å². The molecule has 2 aliphatic rings. The van der Waals surface area contributed by atoms with Gasteiger partial charge in [0.25, 0.3) is 5.91 Å². The number of alkyl halides is 3. The van der Waals surface area contributed by atoms with Gasteiger partial charge < -0.3 is 15.1 Å². The van der Waals surface area contributed by atoms with Crippen molar-refractivity contribution in [3.8, 4) is 0 Å². The molecule has 3 rings (SSSR count). The molecule has 0 unspecified atom stereocenters. The van der Waals surface area contributed by atoms with Crippen molar-refractivity contribution in [1.29, 1.82) is 0 Å². The van der Waals surface area contributed by atoms with E-state index in [-0.39, 0.29) is 30.1 Å². The minimum atomic E-state index is -4.65. The molecule has 0 fully saturated rings. The summed E-state index contributed by atoms with van der Waals surface area (Å²) in [6.07, 6.45) is -4.65. The minimum Gasteiger partial charge on any atom is -0.344 e. The standard InChI is InChI=1S/C21H25F3N4O3/c1-5-26(4)18(29)12(3)28-11-15-16(19(28)30)17(25-20(31)27(15)6-2)13-9-7-8-10-14(13)21(22,23)24/h7-10,12,17H,5-6,11H2,1-4H3,(H,25,31)/t12-,17+/m1/s1. The van der Waals surface area contributed by atoms with Gasteiger partial charge in [-0.2, -0.15) is 13.2 Å². The largest absolute Gasteiger partial charge is 0.416 e. The van der Waals surface area contributed by atoms with Crippen molar-refractivity contribution in [2.24, 2.45) is 0 Å². The zero-order valence-corrected chi connectivity index (χ0v) is 17.8. The molecule has 168 valence electrons. The summed E-state index contributed by atoms with van der Waals surface area (Å²) in [5, 5.41) is 2.56. The van der Waals surface area contributed by atoms with Gasteiger partial charge in [0.2, 0.25) is 5.91 Å². The van der Waals surface area contributed by atoms with Crippen LogP contribution in [-0.4, -0.2) is 65.3 Å². The first-order chi connectivity index (χ1) is 14.5. The maximum absolute atomic E-state index is 13.6. The second-order valence-corrected chi connectivity index (χ2v) is 7.53. The van der Waals surface area contributed by atoms with Gasteiger partial charge in [0.15, 0.2) is 0 Å². The van der Waals surface area contributed by atoms with Crippen LogP contribution in [0.25, 0.3) is 0 Å². The topological polar surface area (TPSA) is 73.0 Å². The van der Waals surface area contributed by atoms with E-state index in [9.17, 15) is 27.6 Å². The fourth-order valence-corrected chi connectivity index (χ4v) is 4.01. The quantitative estimate of drug-likeness (QED) is 0.769. The molecule has 0 aliphatic carbocycles. The molecule has 0 saturated heterocycles. The lowest BCUT2D eigenvalue weighted by molar-refractivity contribution is -0.141. The highest BCUT2D eigenvalue weighted by Crippen LogP contribution is 2.41. The molecule has 7 nitrogen and oxygen atoms in total. The lowest BCUT2D eigenvalue weighted by Crippen LogP contribution is -2.47. The molecule has 2 aliphatic heterocycles. The highest BCUT2D eigenvalue weighted by Gasteiger charge is 2.48. The second-order valence-electron chi connectivity index (χ2n) is 7.53. The van der Waals surface area contributed by atoms with E-state index < -0.39 is 35.8 Å². The molecule has 31 heavy (non-hydrogen) atoms. The van der Waals surface area contributed by atoms with Crippen molar-refractivity contribution < 1.29 is 27.6 Å². The maximum atomic E-state index is 13.6. The van der Waals surface area contributed by atoms with Gasteiger partial charge in [-0.15, -0.1) is 0 Å². The Balaban J connectivity index is 2.08. The van der Waals surface area contributed by atoms with E-state index in [1.54, 1.807) is 27.8 Å². The molecular weight excluding hydrogens is 413 g/mol. The second kappa shape index (κ2) is 8.24. The fourth-order valence-electron chi connectivity index (χ4n) is 4.01. The summed E-state index contributed by atoms with van der Waals surface area (Å²) in [6, 6.07) is 2.21. The predicted octanol–water partition coefficient (Wildman–Crippen LogP) is 2.75. The SMILES string of the molecule is CCN(C)C(=O)[C@@H](C)N1CC2=C(C1=O)[C@H](c1ccccc1C(F)(F)F)NC(=O)N2CC. The number of carbonyl (C=O) groups is 3. The van der Waals surface area contributed by atoms with E-state index in [4.69, 9.17) is 0 Å². The Morgan fingerprint density at radius 1 is 1.26 bits per heavy atom. The first-order valence-electron chi connectivity index (χ1n) is 10.1. The number of hydrogen-bond acceptors (Lipinski definition) is 3. The molecular formula is C21H25F3N4O3. The summed E-state index contributed by atoms with van der Waals surface area (Å²) in [5.41, 5.74) is -0.723. The third-order valence-electron chi connectivity index (χ3n) is 5.82. The van der Waals surface area contributed by atoms with Gasteiger partial charge in [-0.05, 0) is 32.4 Å². The normalized spacial score (nSPS) is 20.0. The van der Waals surface area contributed by atoms with Crippen molar-refractivity contribution in [3.05, 3.63) is 46.7 Å². The smallest absolute Gasteiger partial charge is 0.344 e.